The van der Waals surface area contributed by atoms with Crippen LogP contribution in [0.15, 0.2) is 65.8 Å². The first-order valence-electron chi connectivity index (χ1n) is 9.98. The Kier molecular flexibility index (Phi) is 6.09. The molecule has 0 aliphatic heterocycles. The van der Waals surface area contributed by atoms with Crippen LogP contribution in [0.3, 0.4) is 0 Å². The number of phenolic OH excluding ortho intramolecular Hbond substituents is 1. The number of fused-ring (bicyclic) bond motifs is 1. The zero-order chi connectivity index (χ0) is 22.7. The quantitative estimate of drug-likeness (QED) is 0.281. The standard InChI is InChI=1S/C24H21ClN4O3/c1-14(2)32-22-10-7-15(11-18(22)25)13-26-29-24(31)16-8-9-19-20(12-16)28-23(27-19)17-5-3-4-6-21(17)30/h3-14,30H,1-2H3,(H,27,28)(H,29,31)/b26-13+. The van der Waals surface area contributed by atoms with Crippen molar-refractivity contribution in [2.75, 3.05) is 0 Å². The number of aromatic hydroxyl groups is 1. The van der Waals surface area contributed by atoms with Gasteiger partial charge in [0.2, 0.25) is 0 Å². The van der Waals surface area contributed by atoms with Crippen molar-refractivity contribution in [2.24, 2.45) is 5.10 Å². The largest absolute Gasteiger partial charge is 0.507 e. The van der Waals surface area contributed by atoms with Gasteiger partial charge in [0.25, 0.3) is 5.91 Å². The summed E-state index contributed by atoms with van der Waals surface area (Å²) < 4.78 is 5.60. The van der Waals surface area contributed by atoms with Crippen LogP contribution < -0.4 is 10.2 Å². The first kappa shape index (κ1) is 21.4. The number of imidazole rings is 1. The van der Waals surface area contributed by atoms with E-state index < -0.39 is 0 Å². The first-order chi connectivity index (χ1) is 15.4. The summed E-state index contributed by atoms with van der Waals surface area (Å²) in [6.45, 7) is 3.85. The smallest absolute Gasteiger partial charge is 0.271 e. The van der Waals surface area contributed by atoms with Crippen molar-refractivity contribution in [1.82, 2.24) is 15.4 Å². The summed E-state index contributed by atoms with van der Waals surface area (Å²) in [5.74, 6) is 0.879. The topological polar surface area (TPSA) is 99.6 Å². The van der Waals surface area contributed by atoms with Crippen LogP contribution in [-0.4, -0.2) is 33.3 Å². The number of nitrogens with zero attached hydrogens (tertiary/aromatic N) is 2. The number of para-hydroxylation sites is 1. The molecule has 4 rings (SSSR count). The van der Waals surface area contributed by atoms with Gasteiger partial charge in [-0.05, 0) is 67.9 Å². The van der Waals surface area contributed by atoms with Crippen LogP contribution in [0.5, 0.6) is 11.5 Å². The van der Waals surface area contributed by atoms with Gasteiger partial charge < -0.3 is 14.8 Å². The fourth-order valence-electron chi connectivity index (χ4n) is 3.13. The number of nitrogens with one attached hydrogen (secondary N) is 2. The van der Waals surface area contributed by atoms with E-state index in [1.807, 2.05) is 19.9 Å². The molecular weight excluding hydrogens is 428 g/mol. The number of ether oxygens (including phenoxy) is 1. The van der Waals surface area contributed by atoms with E-state index in [9.17, 15) is 9.90 Å². The average molecular weight is 449 g/mol. The van der Waals surface area contributed by atoms with Gasteiger partial charge in [-0.25, -0.2) is 10.4 Å². The van der Waals surface area contributed by atoms with Crippen molar-refractivity contribution < 1.29 is 14.6 Å². The van der Waals surface area contributed by atoms with Crippen LogP contribution in [0.4, 0.5) is 0 Å². The number of carbonyl (C=O) groups excluding carboxylic acids is 1. The first-order valence-corrected chi connectivity index (χ1v) is 10.4. The number of H-pyrrole nitrogens is 1. The van der Waals surface area contributed by atoms with Crippen LogP contribution in [0, 0.1) is 0 Å². The molecule has 0 aliphatic carbocycles. The Hall–Kier alpha value is -3.84. The third-order valence-electron chi connectivity index (χ3n) is 4.60. The lowest BCUT2D eigenvalue weighted by atomic mass is 10.2. The number of rotatable bonds is 6. The summed E-state index contributed by atoms with van der Waals surface area (Å²) in [7, 11) is 0. The Balaban J connectivity index is 1.47. The van der Waals surface area contributed by atoms with Crippen molar-refractivity contribution in [3.8, 4) is 22.9 Å². The molecular formula is C24H21ClN4O3. The second-order valence-electron chi connectivity index (χ2n) is 7.39. The van der Waals surface area contributed by atoms with Crippen molar-refractivity contribution in [3.05, 3.63) is 76.8 Å². The number of amides is 1. The second-order valence-corrected chi connectivity index (χ2v) is 7.80. The van der Waals surface area contributed by atoms with E-state index in [1.54, 1.807) is 54.6 Å². The minimum atomic E-state index is -0.368. The highest BCUT2D eigenvalue weighted by atomic mass is 35.5. The molecule has 0 saturated carbocycles. The Morgan fingerprint density at radius 1 is 1.19 bits per heavy atom. The van der Waals surface area contributed by atoms with Gasteiger partial charge in [0.05, 0.1) is 33.9 Å². The highest BCUT2D eigenvalue weighted by molar-refractivity contribution is 6.32. The van der Waals surface area contributed by atoms with Crippen LogP contribution >= 0.6 is 11.6 Å². The van der Waals surface area contributed by atoms with Gasteiger partial charge in [-0.3, -0.25) is 4.79 Å². The maximum atomic E-state index is 12.5. The zero-order valence-electron chi connectivity index (χ0n) is 17.5. The van der Waals surface area contributed by atoms with E-state index in [-0.39, 0.29) is 17.8 Å². The molecule has 3 N–H and O–H groups in total. The molecule has 0 spiro atoms. The number of carbonyl (C=O) groups is 1. The van der Waals surface area contributed by atoms with Crippen molar-refractivity contribution in [2.45, 2.75) is 20.0 Å². The molecule has 1 heterocycles. The Morgan fingerprint density at radius 2 is 2.00 bits per heavy atom. The van der Waals surface area contributed by atoms with Gasteiger partial charge in [-0.2, -0.15) is 5.10 Å². The van der Waals surface area contributed by atoms with Crippen LogP contribution in [0.25, 0.3) is 22.4 Å². The van der Waals surface area contributed by atoms with Gasteiger partial charge >= 0.3 is 0 Å². The minimum Gasteiger partial charge on any atom is -0.507 e. The van der Waals surface area contributed by atoms with Crippen molar-refractivity contribution in [3.63, 3.8) is 0 Å². The minimum absolute atomic E-state index is 0.0213. The molecule has 1 amide bonds. The summed E-state index contributed by atoms with van der Waals surface area (Å²) in [5, 5.41) is 14.5. The molecule has 7 nitrogen and oxygen atoms in total. The Morgan fingerprint density at radius 3 is 2.75 bits per heavy atom. The van der Waals surface area contributed by atoms with Crippen molar-refractivity contribution >= 4 is 34.8 Å². The fourth-order valence-corrected chi connectivity index (χ4v) is 3.36. The van der Waals surface area contributed by atoms with E-state index in [0.29, 0.717) is 38.8 Å². The summed E-state index contributed by atoms with van der Waals surface area (Å²) in [4.78, 5) is 20.1. The number of hydrogen-bond donors (Lipinski definition) is 3. The molecule has 32 heavy (non-hydrogen) atoms. The van der Waals surface area contributed by atoms with E-state index in [1.165, 1.54) is 6.21 Å². The third kappa shape index (κ3) is 4.73. The lowest BCUT2D eigenvalue weighted by molar-refractivity contribution is 0.0955. The number of aromatic nitrogens is 2. The normalized spacial score (nSPS) is 11.4. The summed E-state index contributed by atoms with van der Waals surface area (Å²) in [6.07, 6.45) is 1.53. The van der Waals surface area contributed by atoms with Crippen LogP contribution in [-0.2, 0) is 0 Å². The maximum Gasteiger partial charge on any atom is 0.271 e. The summed E-state index contributed by atoms with van der Waals surface area (Å²) >= 11 is 6.22. The molecule has 162 valence electrons. The van der Waals surface area contributed by atoms with Gasteiger partial charge in [0, 0.05) is 5.56 Å². The molecule has 3 aromatic carbocycles. The lowest BCUT2D eigenvalue weighted by Crippen LogP contribution is -2.17. The number of halogens is 1. The predicted molar refractivity (Wildman–Crippen MR) is 125 cm³/mol. The zero-order valence-corrected chi connectivity index (χ0v) is 18.2. The molecule has 0 fully saturated rings. The van der Waals surface area contributed by atoms with Gasteiger partial charge in [-0.15, -0.1) is 0 Å². The highest BCUT2D eigenvalue weighted by Crippen LogP contribution is 2.28. The van der Waals surface area contributed by atoms with Gasteiger partial charge in [0.1, 0.15) is 17.3 Å². The molecule has 8 heteroatoms. The molecule has 0 saturated heterocycles. The lowest BCUT2D eigenvalue weighted by Gasteiger charge is -2.11. The van der Waals surface area contributed by atoms with Crippen LogP contribution in [0.1, 0.15) is 29.8 Å². The molecule has 0 atom stereocenters. The molecule has 4 aromatic rings. The van der Waals surface area contributed by atoms with Crippen LogP contribution in [0.2, 0.25) is 5.02 Å². The number of hydrazone groups is 1. The maximum absolute atomic E-state index is 12.5. The van der Waals surface area contributed by atoms with E-state index in [4.69, 9.17) is 16.3 Å². The van der Waals surface area contributed by atoms with Gasteiger partial charge in [-0.1, -0.05) is 23.7 Å². The third-order valence-corrected chi connectivity index (χ3v) is 4.90. The molecule has 1 aromatic heterocycles. The Labute approximate surface area is 189 Å². The molecule has 0 unspecified atom stereocenters. The average Bonchev–Trinajstić information content (AvgIpc) is 3.18. The molecule has 0 aliphatic rings. The fraction of sp³-hybridized carbons (Fsp3) is 0.125. The van der Waals surface area contributed by atoms with Crippen molar-refractivity contribution in [1.29, 1.82) is 0 Å². The SMILES string of the molecule is CC(C)Oc1ccc(/C=N/NC(=O)c2ccc3nc(-c4ccccc4O)[nH]c3c2)cc1Cl. The highest BCUT2D eigenvalue weighted by Gasteiger charge is 2.12. The number of aromatic amines is 1. The molecule has 0 bridgehead atoms. The van der Waals surface area contributed by atoms with E-state index >= 15 is 0 Å². The number of hydrogen-bond acceptors (Lipinski definition) is 5. The number of benzene rings is 3. The predicted octanol–water partition coefficient (Wildman–Crippen LogP) is 5.14. The monoisotopic (exact) mass is 448 g/mol. The van der Waals surface area contributed by atoms with E-state index in [0.717, 1.165) is 5.56 Å². The summed E-state index contributed by atoms with van der Waals surface area (Å²) in [5.41, 5.74) is 5.59. The van der Waals surface area contributed by atoms with Gasteiger partial charge in [0.15, 0.2) is 0 Å². The van der Waals surface area contributed by atoms with E-state index in [2.05, 4.69) is 20.5 Å². The Bertz CT molecular complexity index is 1310. The summed E-state index contributed by atoms with van der Waals surface area (Å²) in [6, 6.07) is 17.3. The molecule has 0 radical (unpaired) electrons. The second kappa shape index (κ2) is 9.11. The number of phenols is 1.